The monoisotopic (exact) mass is 210 g/mol. The van der Waals surface area contributed by atoms with Crippen molar-refractivity contribution in [3.05, 3.63) is 28.2 Å². The van der Waals surface area contributed by atoms with E-state index >= 15 is 0 Å². The summed E-state index contributed by atoms with van der Waals surface area (Å²) < 4.78 is 0. The van der Waals surface area contributed by atoms with Crippen molar-refractivity contribution in [1.82, 2.24) is 20.4 Å². The number of hydrogen-bond acceptors (Lipinski definition) is 4. The van der Waals surface area contributed by atoms with Gasteiger partial charge in [0.05, 0.1) is 5.69 Å². The molecule has 0 aliphatic heterocycles. The van der Waals surface area contributed by atoms with Crippen molar-refractivity contribution in [3.8, 4) is 0 Å². The Labute approximate surface area is 89.5 Å². The Kier molecular flexibility index (Phi) is 5.00. The van der Waals surface area contributed by atoms with Gasteiger partial charge in [0.1, 0.15) is 0 Å². The van der Waals surface area contributed by atoms with Gasteiger partial charge in [0.25, 0.3) is 5.56 Å². The Bertz CT molecular complexity index is 314. The van der Waals surface area contributed by atoms with Crippen LogP contribution in [0.15, 0.2) is 16.9 Å². The molecule has 0 aromatic carbocycles. The minimum atomic E-state index is -0.161. The van der Waals surface area contributed by atoms with Crippen molar-refractivity contribution in [2.75, 3.05) is 27.2 Å². The van der Waals surface area contributed by atoms with Crippen molar-refractivity contribution in [2.45, 2.75) is 13.0 Å². The van der Waals surface area contributed by atoms with Crippen LogP contribution in [0.25, 0.3) is 0 Å². The molecule has 0 saturated heterocycles. The molecule has 1 aromatic heterocycles. The fourth-order valence-corrected chi connectivity index (χ4v) is 1.21. The van der Waals surface area contributed by atoms with E-state index in [1.165, 1.54) is 6.07 Å². The number of nitrogens with zero attached hydrogens (tertiary/aromatic N) is 2. The predicted octanol–water partition coefficient (Wildman–Crippen LogP) is -0.189. The van der Waals surface area contributed by atoms with Crippen LogP contribution in [0.3, 0.4) is 0 Å². The topological polar surface area (TPSA) is 61.0 Å². The summed E-state index contributed by atoms with van der Waals surface area (Å²) in [6.45, 7) is 2.73. The third kappa shape index (κ3) is 5.29. The highest BCUT2D eigenvalue weighted by Gasteiger charge is 1.94. The second kappa shape index (κ2) is 6.31. The summed E-state index contributed by atoms with van der Waals surface area (Å²) in [6.07, 6.45) is 1.11. The Balaban J connectivity index is 2.15. The minimum absolute atomic E-state index is 0.161. The van der Waals surface area contributed by atoms with E-state index in [0.29, 0.717) is 6.54 Å². The summed E-state index contributed by atoms with van der Waals surface area (Å²) in [4.78, 5) is 12.9. The fourth-order valence-electron chi connectivity index (χ4n) is 1.21. The lowest BCUT2D eigenvalue weighted by molar-refractivity contribution is 0.394. The van der Waals surface area contributed by atoms with E-state index in [-0.39, 0.29) is 5.56 Å². The van der Waals surface area contributed by atoms with Crippen LogP contribution in [0.1, 0.15) is 12.1 Å². The zero-order valence-corrected chi connectivity index (χ0v) is 9.29. The molecule has 0 amide bonds. The molecular formula is C10H18N4O. The lowest BCUT2D eigenvalue weighted by Crippen LogP contribution is -2.22. The van der Waals surface area contributed by atoms with Gasteiger partial charge in [-0.1, -0.05) is 0 Å². The van der Waals surface area contributed by atoms with Crippen LogP contribution in [0.4, 0.5) is 0 Å². The van der Waals surface area contributed by atoms with Gasteiger partial charge < -0.3 is 10.2 Å². The summed E-state index contributed by atoms with van der Waals surface area (Å²) in [6, 6.07) is 3.22. The van der Waals surface area contributed by atoms with Crippen LogP contribution in [0, 0.1) is 0 Å². The average molecular weight is 210 g/mol. The second-order valence-corrected chi connectivity index (χ2v) is 3.75. The van der Waals surface area contributed by atoms with E-state index in [1.807, 2.05) is 0 Å². The molecule has 0 aliphatic rings. The lowest BCUT2D eigenvalue weighted by atomic mass is 10.3. The van der Waals surface area contributed by atoms with Crippen LogP contribution in [-0.2, 0) is 6.54 Å². The van der Waals surface area contributed by atoms with E-state index in [9.17, 15) is 4.79 Å². The van der Waals surface area contributed by atoms with Crippen molar-refractivity contribution < 1.29 is 0 Å². The molecule has 1 rings (SSSR count). The Morgan fingerprint density at radius 1 is 1.47 bits per heavy atom. The van der Waals surface area contributed by atoms with E-state index in [2.05, 4.69) is 34.5 Å². The molecule has 15 heavy (non-hydrogen) atoms. The van der Waals surface area contributed by atoms with Crippen LogP contribution in [0.5, 0.6) is 0 Å². The maximum absolute atomic E-state index is 10.7. The van der Waals surface area contributed by atoms with Gasteiger partial charge in [-0.25, -0.2) is 5.10 Å². The predicted molar refractivity (Wildman–Crippen MR) is 59.7 cm³/mol. The highest BCUT2D eigenvalue weighted by molar-refractivity contribution is 4.98. The van der Waals surface area contributed by atoms with Crippen molar-refractivity contribution in [1.29, 1.82) is 0 Å². The summed E-state index contributed by atoms with van der Waals surface area (Å²) in [7, 11) is 4.12. The Morgan fingerprint density at radius 3 is 2.87 bits per heavy atom. The molecular weight excluding hydrogens is 192 g/mol. The van der Waals surface area contributed by atoms with Crippen molar-refractivity contribution in [3.63, 3.8) is 0 Å². The molecule has 5 heteroatoms. The molecule has 0 fully saturated rings. The first kappa shape index (κ1) is 11.9. The first-order chi connectivity index (χ1) is 7.18. The third-order valence-corrected chi connectivity index (χ3v) is 2.00. The number of H-pyrrole nitrogens is 1. The van der Waals surface area contributed by atoms with Gasteiger partial charge in [-0.3, -0.25) is 4.79 Å². The maximum Gasteiger partial charge on any atom is 0.264 e. The highest BCUT2D eigenvalue weighted by atomic mass is 16.1. The average Bonchev–Trinajstić information content (AvgIpc) is 2.20. The number of rotatable bonds is 6. The van der Waals surface area contributed by atoms with Crippen LogP contribution in [0.2, 0.25) is 0 Å². The SMILES string of the molecule is CN(C)CCCNCc1ccc(=O)[nH]n1. The van der Waals surface area contributed by atoms with E-state index in [1.54, 1.807) is 6.07 Å². The van der Waals surface area contributed by atoms with E-state index in [4.69, 9.17) is 0 Å². The Hall–Kier alpha value is -1.20. The minimum Gasteiger partial charge on any atom is -0.311 e. The van der Waals surface area contributed by atoms with Crippen LogP contribution >= 0.6 is 0 Å². The molecule has 0 atom stereocenters. The maximum atomic E-state index is 10.7. The van der Waals surface area contributed by atoms with Gasteiger partial charge in [-0.2, -0.15) is 5.10 Å². The van der Waals surface area contributed by atoms with Gasteiger partial charge in [0, 0.05) is 12.6 Å². The standard InChI is InChI=1S/C10H18N4O/c1-14(2)7-3-6-11-8-9-4-5-10(15)13-12-9/h4-5,11H,3,6-8H2,1-2H3,(H,13,15). The van der Waals surface area contributed by atoms with Crippen LogP contribution in [-0.4, -0.2) is 42.3 Å². The quantitative estimate of drug-likeness (QED) is 0.639. The van der Waals surface area contributed by atoms with Gasteiger partial charge in [-0.05, 0) is 39.7 Å². The summed E-state index contributed by atoms with van der Waals surface area (Å²) in [5.74, 6) is 0. The zero-order chi connectivity index (χ0) is 11.1. The normalized spacial score (nSPS) is 10.9. The molecule has 0 saturated carbocycles. The molecule has 1 aromatic rings. The first-order valence-electron chi connectivity index (χ1n) is 5.08. The molecule has 0 unspecified atom stereocenters. The van der Waals surface area contributed by atoms with Crippen molar-refractivity contribution >= 4 is 0 Å². The van der Waals surface area contributed by atoms with Gasteiger partial charge in [-0.15, -0.1) is 0 Å². The third-order valence-electron chi connectivity index (χ3n) is 2.00. The van der Waals surface area contributed by atoms with E-state index < -0.39 is 0 Å². The summed E-state index contributed by atoms with van der Waals surface area (Å²) >= 11 is 0. The number of hydrogen-bond donors (Lipinski definition) is 2. The molecule has 0 bridgehead atoms. The number of aromatic amines is 1. The molecule has 1 heterocycles. The van der Waals surface area contributed by atoms with Gasteiger partial charge >= 0.3 is 0 Å². The van der Waals surface area contributed by atoms with Crippen LogP contribution < -0.4 is 10.9 Å². The summed E-state index contributed by atoms with van der Waals surface area (Å²) in [5.41, 5.74) is 0.700. The molecule has 84 valence electrons. The van der Waals surface area contributed by atoms with Crippen molar-refractivity contribution in [2.24, 2.45) is 0 Å². The highest BCUT2D eigenvalue weighted by Crippen LogP contribution is 1.88. The largest absolute Gasteiger partial charge is 0.311 e. The number of nitrogens with one attached hydrogen (secondary N) is 2. The zero-order valence-electron chi connectivity index (χ0n) is 9.29. The first-order valence-corrected chi connectivity index (χ1v) is 5.08. The summed E-state index contributed by atoms with van der Waals surface area (Å²) in [5, 5.41) is 9.57. The molecule has 0 radical (unpaired) electrons. The molecule has 0 aliphatic carbocycles. The Morgan fingerprint density at radius 2 is 2.27 bits per heavy atom. The molecule has 0 spiro atoms. The lowest BCUT2D eigenvalue weighted by Gasteiger charge is -2.09. The van der Waals surface area contributed by atoms with E-state index in [0.717, 1.165) is 25.2 Å². The van der Waals surface area contributed by atoms with Gasteiger partial charge in [0.2, 0.25) is 0 Å². The molecule has 2 N–H and O–H groups in total. The van der Waals surface area contributed by atoms with Gasteiger partial charge in [0.15, 0.2) is 0 Å². The smallest absolute Gasteiger partial charge is 0.264 e. The number of aromatic nitrogens is 2. The second-order valence-electron chi connectivity index (χ2n) is 3.75. The fraction of sp³-hybridized carbons (Fsp3) is 0.600. The molecule has 5 nitrogen and oxygen atoms in total.